The van der Waals surface area contributed by atoms with Gasteiger partial charge in [-0.2, -0.15) is 0 Å². The van der Waals surface area contributed by atoms with E-state index in [0.717, 1.165) is 5.56 Å². The normalized spacial score (nSPS) is 13.0. The summed E-state index contributed by atoms with van der Waals surface area (Å²) in [6, 6.07) is 5.40. The van der Waals surface area contributed by atoms with Crippen molar-refractivity contribution in [3.63, 3.8) is 0 Å². The highest BCUT2D eigenvalue weighted by Gasteiger charge is 2.20. The SMILES string of the molecule is CCOC(=O)c1oc(-c2ccc3c(c2)OCCO3)nc1C. The van der Waals surface area contributed by atoms with Crippen LogP contribution in [0.25, 0.3) is 11.5 Å². The van der Waals surface area contributed by atoms with Gasteiger partial charge in [-0.3, -0.25) is 0 Å². The summed E-state index contributed by atoms with van der Waals surface area (Å²) >= 11 is 0. The summed E-state index contributed by atoms with van der Waals surface area (Å²) in [7, 11) is 0. The van der Waals surface area contributed by atoms with Crippen molar-refractivity contribution >= 4 is 5.97 Å². The minimum atomic E-state index is -0.508. The highest BCUT2D eigenvalue weighted by atomic mass is 16.6. The molecular weight excluding hydrogens is 274 g/mol. The molecule has 1 aromatic heterocycles. The maximum absolute atomic E-state index is 11.7. The summed E-state index contributed by atoms with van der Waals surface area (Å²) in [5.74, 6) is 1.31. The molecule has 0 fully saturated rings. The van der Waals surface area contributed by atoms with Gasteiger partial charge in [-0.05, 0) is 32.0 Å². The largest absolute Gasteiger partial charge is 0.486 e. The number of carbonyl (C=O) groups excluding carboxylic acids is 1. The van der Waals surface area contributed by atoms with Crippen LogP contribution in [0.1, 0.15) is 23.2 Å². The molecule has 0 saturated heterocycles. The number of benzene rings is 1. The summed E-state index contributed by atoms with van der Waals surface area (Å²) in [6.07, 6.45) is 0. The van der Waals surface area contributed by atoms with Crippen molar-refractivity contribution in [1.29, 1.82) is 0 Å². The molecule has 0 radical (unpaired) electrons. The van der Waals surface area contributed by atoms with Crippen LogP contribution < -0.4 is 9.47 Å². The van der Waals surface area contributed by atoms with Gasteiger partial charge >= 0.3 is 5.97 Å². The van der Waals surface area contributed by atoms with E-state index in [1.807, 2.05) is 6.07 Å². The molecule has 6 nitrogen and oxygen atoms in total. The van der Waals surface area contributed by atoms with Gasteiger partial charge in [0.25, 0.3) is 0 Å². The molecule has 0 aliphatic carbocycles. The molecule has 2 aromatic rings. The van der Waals surface area contributed by atoms with Crippen LogP contribution in [0.3, 0.4) is 0 Å². The zero-order valence-electron chi connectivity index (χ0n) is 11.8. The van der Waals surface area contributed by atoms with E-state index in [2.05, 4.69) is 4.98 Å². The van der Waals surface area contributed by atoms with Gasteiger partial charge < -0.3 is 18.6 Å². The number of ether oxygens (including phenoxy) is 3. The average Bonchev–Trinajstić information content (AvgIpc) is 2.89. The van der Waals surface area contributed by atoms with Crippen LogP contribution in [0.15, 0.2) is 22.6 Å². The molecule has 6 heteroatoms. The number of aryl methyl sites for hydroxylation is 1. The lowest BCUT2D eigenvalue weighted by atomic mass is 10.2. The molecule has 0 atom stereocenters. The Morgan fingerprint density at radius 2 is 2.05 bits per heavy atom. The molecule has 0 spiro atoms. The van der Waals surface area contributed by atoms with E-state index in [9.17, 15) is 4.79 Å². The van der Waals surface area contributed by atoms with Crippen LogP contribution in [0.4, 0.5) is 0 Å². The van der Waals surface area contributed by atoms with Gasteiger partial charge in [0.05, 0.1) is 12.3 Å². The van der Waals surface area contributed by atoms with Crippen LogP contribution in [-0.4, -0.2) is 30.8 Å². The zero-order valence-corrected chi connectivity index (χ0v) is 11.8. The molecule has 1 aliphatic rings. The number of hydrogen-bond acceptors (Lipinski definition) is 6. The molecule has 0 saturated carbocycles. The predicted molar refractivity (Wildman–Crippen MR) is 73.6 cm³/mol. The number of esters is 1. The van der Waals surface area contributed by atoms with E-state index in [1.54, 1.807) is 26.0 Å². The second-order valence-electron chi connectivity index (χ2n) is 4.51. The summed E-state index contributed by atoms with van der Waals surface area (Å²) in [5, 5.41) is 0. The van der Waals surface area contributed by atoms with Gasteiger partial charge in [0.2, 0.25) is 11.7 Å². The van der Waals surface area contributed by atoms with E-state index in [1.165, 1.54) is 0 Å². The van der Waals surface area contributed by atoms with Crippen molar-refractivity contribution in [2.24, 2.45) is 0 Å². The van der Waals surface area contributed by atoms with E-state index in [4.69, 9.17) is 18.6 Å². The van der Waals surface area contributed by atoms with Gasteiger partial charge in [-0.25, -0.2) is 9.78 Å². The maximum atomic E-state index is 11.7. The monoisotopic (exact) mass is 289 g/mol. The first-order valence-corrected chi connectivity index (χ1v) is 6.73. The van der Waals surface area contributed by atoms with Gasteiger partial charge in [0.15, 0.2) is 11.5 Å². The van der Waals surface area contributed by atoms with Gasteiger partial charge in [-0.15, -0.1) is 0 Å². The molecular formula is C15H15NO5. The van der Waals surface area contributed by atoms with E-state index in [0.29, 0.717) is 42.9 Å². The third-order valence-electron chi connectivity index (χ3n) is 3.05. The molecule has 0 N–H and O–H groups in total. The lowest BCUT2D eigenvalue weighted by Crippen LogP contribution is -2.15. The molecule has 1 aliphatic heterocycles. The fourth-order valence-electron chi connectivity index (χ4n) is 2.08. The summed E-state index contributed by atoms with van der Waals surface area (Å²) < 4.78 is 21.4. The third kappa shape index (κ3) is 2.56. The van der Waals surface area contributed by atoms with Crippen molar-refractivity contribution in [3.8, 4) is 23.0 Å². The topological polar surface area (TPSA) is 70.8 Å². The summed E-state index contributed by atoms with van der Waals surface area (Å²) in [4.78, 5) is 16.0. The number of carbonyl (C=O) groups is 1. The number of nitrogens with zero attached hydrogens (tertiary/aromatic N) is 1. The fourth-order valence-corrected chi connectivity index (χ4v) is 2.08. The Morgan fingerprint density at radius 3 is 2.81 bits per heavy atom. The van der Waals surface area contributed by atoms with Crippen molar-refractivity contribution in [2.45, 2.75) is 13.8 Å². The van der Waals surface area contributed by atoms with Gasteiger partial charge in [0, 0.05) is 5.56 Å². The Balaban J connectivity index is 1.94. The Labute approximate surface area is 121 Å². The lowest BCUT2D eigenvalue weighted by Gasteiger charge is -2.18. The maximum Gasteiger partial charge on any atom is 0.376 e. The molecule has 0 unspecified atom stereocenters. The molecule has 0 bridgehead atoms. The van der Waals surface area contributed by atoms with Crippen molar-refractivity contribution in [3.05, 3.63) is 29.7 Å². The van der Waals surface area contributed by atoms with Crippen molar-refractivity contribution in [1.82, 2.24) is 4.98 Å². The van der Waals surface area contributed by atoms with Crippen molar-refractivity contribution < 1.29 is 23.4 Å². The first kappa shape index (κ1) is 13.5. The predicted octanol–water partition coefficient (Wildman–Crippen LogP) is 2.60. The Bertz CT molecular complexity index is 677. The quantitative estimate of drug-likeness (QED) is 0.809. The molecule has 110 valence electrons. The van der Waals surface area contributed by atoms with E-state index >= 15 is 0 Å². The fraction of sp³-hybridized carbons (Fsp3) is 0.333. The number of oxazole rings is 1. The Kier molecular flexibility index (Phi) is 3.51. The van der Waals surface area contributed by atoms with Crippen LogP contribution in [0, 0.1) is 6.92 Å². The second-order valence-corrected chi connectivity index (χ2v) is 4.51. The lowest BCUT2D eigenvalue weighted by molar-refractivity contribution is 0.0490. The zero-order chi connectivity index (χ0) is 14.8. The number of aromatic nitrogens is 1. The number of hydrogen-bond donors (Lipinski definition) is 0. The minimum absolute atomic E-state index is 0.127. The van der Waals surface area contributed by atoms with E-state index in [-0.39, 0.29) is 5.76 Å². The van der Waals surface area contributed by atoms with Crippen molar-refractivity contribution in [2.75, 3.05) is 19.8 Å². The molecule has 1 aromatic carbocycles. The minimum Gasteiger partial charge on any atom is -0.486 e. The number of rotatable bonds is 3. The van der Waals surface area contributed by atoms with E-state index < -0.39 is 5.97 Å². The molecule has 0 amide bonds. The highest BCUT2D eigenvalue weighted by molar-refractivity contribution is 5.88. The standard InChI is InChI=1S/C15H15NO5/c1-3-18-15(17)13-9(2)16-14(21-13)10-4-5-11-12(8-10)20-7-6-19-11/h4-5,8H,3,6-7H2,1-2H3. The third-order valence-corrected chi connectivity index (χ3v) is 3.05. The first-order chi connectivity index (χ1) is 10.2. The highest BCUT2D eigenvalue weighted by Crippen LogP contribution is 2.34. The smallest absolute Gasteiger partial charge is 0.376 e. The average molecular weight is 289 g/mol. The van der Waals surface area contributed by atoms with Gasteiger partial charge in [-0.1, -0.05) is 0 Å². The summed E-state index contributed by atoms with van der Waals surface area (Å²) in [5.41, 5.74) is 1.22. The first-order valence-electron chi connectivity index (χ1n) is 6.73. The Morgan fingerprint density at radius 1 is 1.29 bits per heavy atom. The molecule has 3 rings (SSSR count). The van der Waals surface area contributed by atoms with Gasteiger partial charge in [0.1, 0.15) is 13.2 Å². The Hall–Kier alpha value is -2.50. The summed E-state index contributed by atoms with van der Waals surface area (Å²) in [6.45, 7) is 4.79. The number of fused-ring (bicyclic) bond motifs is 1. The van der Waals surface area contributed by atoms with Crippen LogP contribution in [0.5, 0.6) is 11.5 Å². The van der Waals surface area contributed by atoms with Crippen LogP contribution in [-0.2, 0) is 4.74 Å². The van der Waals surface area contributed by atoms with Crippen LogP contribution in [0.2, 0.25) is 0 Å². The second kappa shape index (κ2) is 5.47. The molecule has 2 heterocycles. The molecule has 21 heavy (non-hydrogen) atoms. The van der Waals surface area contributed by atoms with Crippen LogP contribution >= 0.6 is 0 Å².